The van der Waals surface area contributed by atoms with Crippen molar-refractivity contribution in [2.24, 2.45) is 0 Å². The van der Waals surface area contributed by atoms with E-state index in [9.17, 15) is 4.39 Å². The first-order valence-electron chi connectivity index (χ1n) is 3.32. The largest absolute Gasteiger partial charge is 0.396 e. The minimum atomic E-state index is -0.464. The molecular weight excluding hydrogens is 147 g/mol. The highest BCUT2D eigenvalue weighted by Crippen LogP contribution is 2.13. The second-order valence-corrected chi connectivity index (χ2v) is 2.34. The van der Waals surface area contributed by atoms with Crippen molar-refractivity contribution in [1.82, 2.24) is 9.97 Å². The predicted molar refractivity (Wildman–Crippen MR) is 37.5 cm³/mol. The van der Waals surface area contributed by atoms with E-state index in [1.165, 1.54) is 6.33 Å². The fraction of sp³-hybridized carbons (Fsp3) is 0.429. The standard InChI is InChI=1S/C7H9FN2O/c1-5(3-11)7-6(8)2-9-4-10-7/h2,4-5,11H,3H2,1H3/t5-/m1/s1. The van der Waals surface area contributed by atoms with Crippen molar-refractivity contribution in [2.75, 3.05) is 6.61 Å². The molecule has 4 heteroatoms. The zero-order chi connectivity index (χ0) is 8.27. The molecule has 0 unspecified atom stereocenters. The smallest absolute Gasteiger partial charge is 0.163 e. The van der Waals surface area contributed by atoms with Crippen LogP contribution >= 0.6 is 0 Å². The lowest BCUT2D eigenvalue weighted by atomic mass is 10.1. The van der Waals surface area contributed by atoms with Crippen LogP contribution in [-0.4, -0.2) is 21.7 Å². The molecule has 60 valence electrons. The van der Waals surface area contributed by atoms with Crippen LogP contribution in [0, 0.1) is 5.82 Å². The van der Waals surface area contributed by atoms with Gasteiger partial charge in [-0.2, -0.15) is 0 Å². The normalized spacial score (nSPS) is 13.0. The molecule has 1 heterocycles. The molecule has 0 radical (unpaired) electrons. The van der Waals surface area contributed by atoms with Crippen LogP contribution in [0.2, 0.25) is 0 Å². The van der Waals surface area contributed by atoms with Gasteiger partial charge in [0.05, 0.1) is 18.5 Å². The summed E-state index contributed by atoms with van der Waals surface area (Å²) in [4.78, 5) is 7.20. The highest BCUT2D eigenvalue weighted by atomic mass is 19.1. The number of aliphatic hydroxyl groups excluding tert-OH is 1. The molecule has 0 saturated carbocycles. The van der Waals surface area contributed by atoms with Crippen molar-refractivity contribution in [3.63, 3.8) is 0 Å². The lowest BCUT2D eigenvalue weighted by Crippen LogP contribution is -2.04. The molecule has 1 aromatic heterocycles. The molecule has 0 aliphatic heterocycles. The van der Waals surface area contributed by atoms with Gasteiger partial charge in [-0.25, -0.2) is 14.4 Å². The Balaban J connectivity index is 2.93. The monoisotopic (exact) mass is 156 g/mol. The molecule has 11 heavy (non-hydrogen) atoms. The molecule has 0 aliphatic carbocycles. The summed E-state index contributed by atoms with van der Waals surface area (Å²) in [5, 5.41) is 8.69. The number of aromatic nitrogens is 2. The Kier molecular flexibility index (Phi) is 2.48. The molecule has 0 aliphatic rings. The van der Waals surface area contributed by atoms with Crippen molar-refractivity contribution < 1.29 is 9.50 Å². The third-order valence-corrected chi connectivity index (χ3v) is 1.44. The SMILES string of the molecule is C[C@H](CO)c1ncncc1F. The topological polar surface area (TPSA) is 46.0 Å². The zero-order valence-electron chi connectivity index (χ0n) is 6.16. The Morgan fingerprint density at radius 1 is 1.73 bits per heavy atom. The molecule has 0 saturated heterocycles. The summed E-state index contributed by atoms with van der Waals surface area (Å²) in [5.74, 6) is -0.730. The summed E-state index contributed by atoms with van der Waals surface area (Å²) in [6, 6.07) is 0. The molecule has 0 spiro atoms. The lowest BCUT2D eigenvalue weighted by Gasteiger charge is -2.05. The van der Waals surface area contributed by atoms with E-state index in [1.54, 1.807) is 6.92 Å². The second-order valence-electron chi connectivity index (χ2n) is 2.34. The van der Waals surface area contributed by atoms with Crippen LogP contribution < -0.4 is 0 Å². The van der Waals surface area contributed by atoms with Crippen LogP contribution in [0.3, 0.4) is 0 Å². The fourth-order valence-electron chi connectivity index (χ4n) is 0.771. The van der Waals surface area contributed by atoms with E-state index in [0.29, 0.717) is 0 Å². The maximum absolute atomic E-state index is 12.8. The minimum absolute atomic E-state index is 0.103. The molecule has 1 aromatic rings. The fourth-order valence-corrected chi connectivity index (χ4v) is 0.771. The molecule has 0 fully saturated rings. The van der Waals surface area contributed by atoms with Gasteiger partial charge < -0.3 is 5.11 Å². The van der Waals surface area contributed by atoms with E-state index in [1.807, 2.05) is 0 Å². The first-order valence-corrected chi connectivity index (χ1v) is 3.32. The number of halogens is 1. The van der Waals surface area contributed by atoms with Crippen LogP contribution in [-0.2, 0) is 0 Å². The van der Waals surface area contributed by atoms with E-state index in [2.05, 4.69) is 9.97 Å². The number of nitrogens with zero attached hydrogens (tertiary/aromatic N) is 2. The van der Waals surface area contributed by atoms with Crippen molar-refractivity contribution >= 4 is 0 Å². The Morgan fingerprint density at radius 3 is 3.00 bits per heavy atom. The third kappa shape index (κ3) is 1.71. The van der Waals surface area contributed by atoms with Gasteiger partial charge >= 0.3 is 0 Å². The highest BCUT2D eigenvalue weighted by Gasteiger charge is 2.10. The number of aliphatic hydroxyl groups is 1. The van der Waals surface area contributed by atoms with Gasteiger partial charge in [-0.05, 0) is 0 Å². The summed E-state index contributed by atoms with van der Waals surface area (Å²) < 4.78 is 12.8. The van der Waals surface area contributed by atoms with E-state index >= 15 is 0 Å². The van der Waals surface area contributed by atoms with Crippen molar-refractivity contribution in [3.05, 3.63) is 24.0 Å². The van der Waals surface area contributed by atoms with Gasteiger partial charge in [0.15, 0.2) is 5.82 Å². The quantitative estimate of drug-likeness (QED) is 0.686. The zero-order valence-corrected chi connectivity index (χ0v) is 6.16. The number of hydrogen-bond acceptors (Lipinski definition) is 3. The predicted octanol–water partition coefficient (Wildman–Crippen LogP) is 0.712. The van der Waals surface area contributed by atoms with E-state index in [4.69, 9.17) is 5.11 Å². The Morgan fingerprint density at radius 2 is 2.45 bits per heavy atom. The maximum atomic E-state index is 12.8. The lowest BCUT2D eigenvalue weighted by molar-refractivity contribution is 0.268. The molecule has 1 atom stereocenters. The van der Waals surface area contributed by atoms with Gasteiger partial charge in [-0.15, -0.1) is 0 Å². The van der Waals surface area contributed by atoms with Gasteiger partial charge in [-0.1, -0.05) is 6.92 Å². The van der Waals surface area contributed by atoms with Crippen LogP contribution in [0.25, 0.3) is 0 Å². The number of rotatable bonds is 2. The van der Waals surface area contributed by atoms with Crippen molar-refractivity contribution in [3.8, 4) is 0 Å². The summed E-state index contributed by atoms with van der Waals surface area (Å²) in [6.07, 6.45) is 2.36. The molecule has 0 bridgehead atoms. The Labute approximate surface area is 63.9 Å². The van der Waals surface area contributed by atoms with Gasteiger partial charge in [0.1, 0.15) is 6.33 Å². The molecule has 0 aromatic carbocycles. The highest BCUT2D eigenvalue weighted by molar-refractivity contribution is 5.07. The Hall–Kier alpha value is -1.03. The molecule has 1 N–H and O–H groups in total. The van der Waals surface area contributed by atoms with Gasteiger partial charge in [0.25, 0.3) is 0 Å². The number of hydrogen-bond donors (Lipinski definition) is 1. The second kappa shape index (κ2) is 3.39. The minimum Gasteiger partial charge on any atom is -0.396 e. The van der Waals surface area contributed by atoms with Gasteiger partial charge in [-0.3, -0.25) is 0 Å². The molecular formula is C7H9FN2O. The van der Waals surface area contributed by atoms with E-state index < -0.39 is 5.82 Å². The average Bonchev–Trinajstić information content (AvgIpc) is 2.04. The van der Waals surface area contributed by atoms with Crippen LogP contribution in [0.5, 0.6) is 0 Å². The van der Waals surface area contributed by atoms with Crippen LogP contribution in [0.4, 0.5) is 4.39 Å². The summed E-state index contributed by atoms with van der Waals surface area (Å²) in [5.41, 5.74) is 0.266. The first-order chi connectivity index (χ1) is 5.25. The van der Waals surface area contributed by atoms with Gasteiger partial charge in [0, 0.05) is 5.92 Å². The third-order valence-electron chi connectivity index (χ3n) is 1.44. The summed E-state index contributed by atoms with van der Waals surface area (Å²) in [6.45, 7) is 1.60. The molecule has 0 amide bonds. The molecule has 3 nitrogen and oxygen atoms in total. The maximum Gasteiger partial charge on any atom is 0.163 e. The van der Waals surface area contributed by atoms with Crippen LogP contribution in [0.1, 0.15) is 18.5 Å². The van der Waals surface area contributed by atoms with E-state index in [0.717, 1.165) is 6.20 Å². The van der Waals surface area contributed by atoms with Crippen molar-refractivity contribution in [1.29, 1.82) is 0 Å². The van der Waals surface area contributed by atoms with Crippen LogP contribution in [0.15, 0.2) is 12.5 Å². The average molecular weight is 156 g/mol. The summed E-state index contributed by atoms with van der Waals surface area (Å²) in [7, 11) is 0. The first kappa shape index (κ1) is 8.07. The molecule has 1 rings (SSSR count). The van der Waals surface area contributed by atoms with Gasteiger partial charge in [0.2, 0.25) is 0 Å². The van der Waals surface area contributed by atoms with Crippen molar-refractivity contribution in [2.45, 2.75) is 12.8 Å². The Bertz CT molecular complexity index is 242. The summed E-state index contributed by atoms with van der Waals surface area (Å²) >= 11 is 0. The van der Waals surface area contributed by atoms with E-state index in [-0.39, 0.29) is 18.2 Å².